The van der Waals surface area contributed by atoms with E-state index in [1.54, 1.807) is 7.05 Å². The Balaban J connectivity index is 1.87. The van der Waals surface area contributed by atoms with Crippen LogP contribution in [0, 0.1) is 5.41 Å². The summed E-state index contributed by atoms with van der Waals surface area (Å²) < 4.78 is 20.3. The van der Waals surface area contributed by atoms with Crippen LogP contribution in [0.4, 0.5) is 0 Å². The van der Waals surface area contributed by atoms with E-state index in [2.05, 4.69) is 13.8 Å². The van der Waals surface area contributed by atoms with Crippen LogP contribution in [0.5, 0.6) is 11.6 Å². The van der Waals surface area contributed by atoms with Crippen LogP contribution in [-0.4, -0.2) is 28.8 Å². The number of aromatic nitrogens is 2. The lowest BCUT2D eigenvalue weighted by Crippen LogP contribution is -2.57. The monoisotopic (exact) mass is 476 g/mol. The molecule has 1 aromatic heterocycles. The molecule has 0 spiro atoms. The minimum atomic E-state index is -1.39. The van der Waals surface area contributed by atoms with Crippen molar-refractivity contribution >= 4 is 5.97 Å². The van der Waals surface area contributed by atoms with E-state index < -0.39 is 34.7 Å². The normalized spacial score (nSPS) is 22.3. The zero-order valence-electron chi connectivity index (χ0n) is 20.4. The number of carbonyl (C=O) groups is 1. The number of fused-ring (bicyclic) bond motifs is 5. The molecule has 2 aliphatic rings. The van der Waals surface area contributed by atoms with Crippen molar-refractivity contribution in [1.29, 1.82) is 0 Å². The molecule has 2 aromatic carbocycles. The summed E-state index contributed by atoms with van der Waals surface area (Å²) >= 11 is 0. The maximum absolute atomic E-state index is 13.7. The Hall–Kier alpha value is -3.81. The van der Waals surface area contributed by atoms with Gasteiger partial charge in [0.2, 0.25) is 5.88 Å². The number of methoxy groups -OCH3 is 1. The van der Waals surface area contributed by atoms with Crippen molar-refractivity contribution in [3.05, 3.63) is 91.6 Å². The van der Waals surface area contributed by atoms with Crippen molar-refractivity contribution < 1.29 is 19.0 Å². The number of esters is 1. The second kappa shape index (κ2) is 8.15. The highest BCUT2D eigenvalue weighted by Crippen LogP contribution is 2.59. The minimum Gasteiger partial charge on any atom is -0.492 e. The first kappa shape index (κ1) is 23.0. The summed E-state index contributed by atoms with van der Waals surface area (Å²) in [5.41, 5.74) is 0.380. The zero-order chi connectivity index (χ0) is 25.1. The third-order valence-corrected chi connectivity index (χ3v) is 7.31. The molecule has 0 unspecified atom stereocenters. The van der Waals surface area contributed by atoms with Gasteiger partial charge in [-0.15, -0.1) is 0 Å². The van der Waals surface area contributed by atoms with Gasteiger partial charge in [0.1, 0.15) is 18.5 Å². The number of para-hydroxylation sites is 1. The molecule has 8 heteroatoms. The molecule has 0 radical (unpaired) electrons. The maximum Gasteiger partial charge on any atom is 0.333 e. The number of ether oxygens (including phenoxy) is 3. The second-order valence-corrected chi connectivity index (χ2v) is 9.54. The SMILES string of the molecule is COC(=O)[C@]12COc3ccccc3[C@H]1c1c(n(C)c(=O)n(C)c1=O)O[C@H]2c1ccc(C(C)C)cc1. The number of carbonyl (C=O) groups excluding carboxylic acids is 1. The van der Waals surface area contributed by atoms with Crippen LogP contribution >= 0.6 is 0 Å². The topological polar surface area (TPSA) is 88.8 Å². The van der Waals surface area contributed by atoms with Crippen LogP contribution < -0.4 is 20.7 Å². The predicted molar refractivity (Wildman–Crippen MR) is 129 cm³/mol. The molecule has 0 fully saturated rings. The summed E-state index contributed by atoms with van der Waals surface area (Å²) in [6, 6.07) is 15.2. The molecule has 5 rings (SSSR count). The number of hydrogen-bond acceptors (Lipinski definition) is 6. The van der Waals surface area contributed by atoms with Crippen LogP contribution in [0.25, 0.3) is 0 Å². The van der Waals surface area contributed by atoms with Crippen molar-refractivity contribution in [3.63, 3.8) is 0 Å². The van der Waals surface area contributed by atoms with Crippen molar-refractivity contribution in [2.24, 2.45) is 19.5 Å². The summed E-state index contributed by atoms with van der Waals surface area (Å²) in [5, 5.41) is 0. The molecule has 0 bridgehead atoms. The van der Waals surface area contributed by atoms with Gasteiger partial charge in [-0.3, -0.25) is 18.7 Å². The van der Waals surface area contributed by atoms with Crippen LogP contribution in [0.2, 0.25) is 0 Å². The fraction of sp³-hybridized carbons (Fsp3) is 0.370. The summed E-state index contributed by atoms with van der Waals surface area (Å²) in [4.78, 5) is 40.1. The van der Waals surface area contributed by atoms with Gasteiger partial charge in [-0.2, -0.15) is 0 Å². The molecular formula is C27H28N2O6. The molecule has 35 heavy (non-hydrogen) atoms. The van der Waals surface area contributed by atoms with Gasteiger partial charge in [-0.1, -0.05) is 56.3 Å². The highest BCUT2D eigenvalue weighted by atomic mass is 16.5. The summed E-state index contributed by atoms with van der Waals surface area (Å²) in [6.45, 7) is 4.15. The summed E-state index contributed by atoms with van der Waals surface area (Å²) in [6.07, 6.45) is -0.861. The van der Waals surface area contributed by atoms with Crippen LogP contribution in [0.1, 0.15) is 54.0 Å². The van der Waals surface area contributed by atoms with Gasteiger partial charge in [0, 0.05) is 25.6 Å². The van der Waals surface area contributed by atoms with Crippen molar-refractivity contribution in [1.82, 2.24) is 9.13 Å². The highest BCUT2D eigenvalue weighted by Gasteiger charge is 2.63. The van der Waals surface area contributed by atoms with E-state index in [-0.39, 0.29) is 18.1 Å². The molecule has 8 nitrogen and oxygen atoms in total. The fourth-order valence-corrected chi connectivity index (χ4v) is 5.40. The van der Waals surface area contributed by atoms with Gasteiger partial charge < -0.3 is 14.2 Å². The van der Waals surface area contributed by atoms with E-state index in [0.29, 0.717) is 17.2 Å². The number of benzene rings is 2. The quantitative estimate of drug-likeness (QED) is 0.540. The molecule has 0 saturated carbocycles. The standard InChI is InChI=1S/C27H28N2O6/c1-15(2)16-10-12-17(13-11-16)22-27(25(31)33-5)14-34-19-9-7-6-8-18(19)21(27)20-23(30)28(3)26(32)29(4)24(20)35-22/h6-13,15,21-22H,14H2,1-5H3/t21-,22-,27+/m0/s1. The molecule has 3 atom stereocenters. The molecule has 0 saturated heterocycles. The van der Waals surface area contributed by atoms with E-state index in [9.17, 15) is 14.4 Å². The van der Waals surface area contributed by atoms with E-state index in [1.165, 1.54) is 18.7 Å². The average Bonchev–Trinajstić information content (AvgIpc) is 2.88. The lowest BCUT2D eigenvalue weighted by Gasteiger charge is -2.49. The van der Waals surface area contributed by atoms with Crippen molar-refractivity contribution in [3.8, 4) is 11.6 Å². The number of hydrogen-bond donors (Lipinski definition) is 0. The largest absolute Gasteiger partial charge is 0.492 e. The van der Waals surface area contributed by atoms with E-state index in [1.807, 2.05) is 48.5 Å². The van der Waals surface area contributed by atoms with E-state index in [4.69, 9.17) is 14.2 Å². The Morgan fingerprint density at radius 2 is 1.74 bits per heavy atom. The molecular weight excluding hydrogens is 448 g/mol. The molecule has 0 N–H and O–H groups in total. The maximum atomic E-state index is 13.7. The first-order valence-electron chi connectivity index (χ1n) is 11.6. The van der Waals surface area contributed by atoms with Gasteiger partial charge in [0.25, 0.3) is 5.56 Å². The summed E-state index contributed by atoms with van der Waals surface area (Å²) in [5.74, 6) is -0.236. The third kappa shape index (κ3) is 3.16. The summed E-state index contributed by atoms with van der Waals surface area (Å²) in [7, 11) is 4.31. The lowest BCUT2D eigenvalue weighted by atomic mass is 9.62. The molecule has 3 heterocycles. The molecule has 2 aliphatic heterocycles. The fourth-order valence-electron chi connectivity index (χ4n) is 5.40. The predicted octanol–water partition coefficient (Wildman–Crippen LogP) is 3.02. The molecule has 0 amide bonds. The van der Waals surface area contributed by atoms with Crippen LogP contribution in [-0.2, 0) is 23.6 Å². The number of rotatable bonds is 3. The van der Waals surface area contributed by atoms with Gasteiger partial charge in [-0.05, 0) is 23.1 Å². The van der Waals surface area contributed by atoms with Crippen LogP contribution in [0.15, 0.2) is 58.1 Å². The van der Waals surface area contributed by atoms with Gasteiger partial charge in [0.05, 0.1) is 12.7 Å². The van der Waals surface area contributed by atoms with Gasteiger partial charge >= 0.3 is 11.7 Å². The lowest BCUT2D eigenvalue weighted by molar-refractivity contribution is -0.168. The first-order chi connectivity index (χ1) is 16.7. The Kier molecular flexibility index (Phi) is 5.34. The third-order valence-electron chi connectivity index (χ3n) is 7.31. The molecule has 0 aliphatic carbocycles. The Morgan fingerprint density at radius 1 is 1.06 bits per heavy atom. The highest BCUT2D eigenvalue weighted by molar-refractivity contribution is 5.82. The van der Waals surface area contributed by atoms with Crippen LogP contribution in [0.3, 0.4) is 0 Å². The van der Waals surface area contributed by atoms with Gasteiger partial charge in [0.15, 0.2) is 5.41 Å². The minimum absolute atomic E-state index is 0.0522. The van der Waals surface area contributed by atoms with Crippen molar-refractivity contribution in [2.75, 3.05) is 13.7 Å². The molecule has 182 valence electrons. The smallest absolute Gasteiger partial charge is 0.333 e. The van der Waals surface area contributed by atoms with E-state index >= 15 is 0 Å². The van der Waals surface area contributed by atoms with Crippen molar-refractivity contribution in [2.45, 2.75) is 31.8 Å². The zero-order valence-corrected chi connectivity index (χ0v) is 20.4. The number of nitrogens with zero attached hydrogens (tertiary/aromatic N) is 2. The van der Waals surface area contributed by atoms with Gasteiger partial charge in [-0.25, -0.2) is 4.79 Å². The average molecular weight is 477 g/mol. The Bertz CT molecular complexity index is 1440. The van der Waals surface area contributed by atoms with E-state index in [0.717, 1.165) is 15.7 Å². The first-order valence-corrected chi connectivity index (χ1v) is 11.6. The Labute approximate surface area is 202 Å². The molecule has 3 aromatic rings. The Morgan fingerprint density at radius 3 is 2.40 bits per heavy atom. The second-order valence-electron chi connectivity index (χ2n) is 9.54.